The summed E-state index contributed by atoms with van der Waals surface area (Å²) in [6.45, 7) is 2.15. The maximum absolute atomic E-state index is 13.0. The molecule has 0 spiro atoms. The molecule has 0 bridgehead atoms. The van der Waals surface area contributed by atoms with Crippen molar-refractivity contribution in [2.24, 2.45) is 0 Å². The van der Waals surface area contributed by atoms with Crippen LogP contribution in [0.2, 0.25) is 0 Å². The molecule has 1 aliphatic rings. The van der Waals surface area contributed by atoms with Gasteiger partial charge in [-0.25, -0.2) is 0 Å². The molecule has 0 unspecified atom stereocenters. The quantitative estimate of drug-likeness (QED) is 0.197. The summed E-state index contributed by atoms with van der Waals surface area (Å²) < 4.78 is 33.2. The molecule has 2 heterocycles. The van der Waals surface area contributed by atoms with E-state index in [9.17, 15) is 14.7 Å². The van der Waals surface area contributed by atoms with E-state index in [1.54, 1.807) is 45.6 Å². The van der Waals surface area contributed by atoms with E-state index in [-0.39, 0.29) is 12.2 Å². The van der Waals surface area contributed by atoms with E-state index in [2.05, 4.69) is 4.90 Å². The lowest BCUT2D eigenvalue weighted by Gasteiger charge is -2.29. The fourth-order valence-electron chi connectivity index (χ4n) is 5.65. The van der Waals surface area contributed by atoms with E-state index in [1.165, 1.54) is 18.7 Å². The lowest BCUT2D eigenvalue weighted by molar-refractivity contribution is -0.140. The number of carbonyl (C=O) groups excluding carboxylic acids is 1. The number of nitrogens with zero attached hydrogens (tertiary/aromatic N) is 1. The van der Waals surface area contributed by atoms with Gasteiger partial charge in [-0.2, -0.15) is 0 Å². The number of rotatable bonds is 13. The van der Waals surface area contributed by atoms with Crippen LogP contribution in [0.4, 0.5) is 0 Å². The highest BCUT2D eigenvalue weighted by Crippen LogP contribution is 2.36. The number of hydrogen-bond donors (Lipinski definition) is 1. The molecule has 10 heteroatoms. The van der Waals surface area contributed by atoms with Gasteiger partial charge in [-0.15, -0.1) is 0 Å². The number of ether oxygens (including phenoxy) is 5. The smallest absolute Gasteiger partial charge is 0.306 e. The minimum absolute atomic E-state index is 0.0184. The van der Waals surface area contributed by atoms with Gasteiger partial charge < -0.3 is 33.2 Å². The molecule has 5 rings (SSSR count). The molecule has 0 amide bonds. The van der Waals surface area contributed by atoms with Gasteiger partial charge in [-0.05, 0) is 65.1 Å². The van der Waals surface area contributed by atoms with Gasteiger partial charge >= 0.3 is 5.97 Å². The van der Waals surface area contributed by atoms with E-state index in [1.807, 2.05) is 36.4 Å². The van der Waals surface area contributed by atoms with Crippen molar-refractivity contribution in [3.63, 3.8) is 0 Å². The predicted octanol–water partition coefficient (Wildman–Crippen LogP) is 5.25. The molecular weight excluding hydrogens is 590 g/mol. The summed E-state index contributed by atoms with van der Waals surface area (Å²) >= 11 is 0. The van der Waals surface area contributed by atoms with Crippen LogP contribution in [0.1, 0.15) is 46.1 Å². The van der Waals surface area contributed by atoms with E-state index < -0.39 is 23.1 Å². The van der Waals surface area contributed by atoms with Gasteiger partial charge in [0.05, 0.1) is 53.9 Å². The molecule has 0 fully saturated rings. The second-order valence-corrected chi connectivity index (χ2v) is 11.1. The molecule has 242 valence electrons. The Hall–Kier alpha value is -4.96. The standard InChI is InChI=1S/C36H39NO9/c1-41-27-9-5-23(6-10-27)14-16-45-28-11-7-24(8-12-28)30(20-34(39)44-4)36-35(40)31(38)19-29(46-36)22-37-15-13-25-17-32(42-2)33(43-3)18-26(25)21-37/h5-12,17-19,30,40H,13-16,20-22H2,1-4H3/t30-/m1/s1. The summed E-state index contributed by atoms with van der Waals surface area (Å²) in [6.07, 6.45) is 1.37. The maximum Gasteiger partial charge on any atom is 0.306 e. The average Bonchev–Trinajstić information content (AvgIpc) is 3.08. The lowest BCUT2D eigenvalue weighted by atomic mass is 9.92. The van der Waals surface area contributed by atoms with Crippen LogP contribution in [0.5, 0.6) is 28.7 Å². The number of methoxy groups -OCH3 is 4. The minimum Gasteiger partial charge on any atom is -0.502 e. The molecule has 1 N–H and O–H groups in total. The molecule has 46 heavy (non-hydrogen) atoms. The summed E-state index contributed by atoms with van der Waals surface area (Å²) in [6, 6.07) is 20.3. The Morgan fingerprint density at radius 3 is 2.22 bits per heavy atom. The average molecular weight is 630 g/mol. The van der Waals surface area contributed by atoms with Gasteiger partial charge in [0, 0.05) is 25.6 Å². The fourth-order valence-corrected chi connectivity index (χ4v) is 5.65. The van der Waals surface area contributed by atoms with Crippen LogP contribution < -0.4 is 24.4 Å². The summed E-state index contributed by atoms with van der Waals surface area (Å²) in [5, 5.41) is 10.9. The van der Waals surface area contributed by atoms with E-state index >= 15 is 0 Å². The fraction of sp³-hybridized carbons (Fsp3) is 0.333. The SMILES string of the molecule is COC(=O)C[C@H](c1ccc(OCCc2ccc(OC)cc2)cc1)c1oc(CN2CCc3cc(OC)c(OC)cc3C2)cc(=O)c1O. The predicted molar refractivity (Wildman–Crippen MR) is 171 cm³/mol. The summed E-state index contributed by atoms with van der Waals surface area (Å²) in [5.74, 6) is 1.40. The van der Waals surface area contributed by atoms with Gasteiger partial charge in [-0.1, -0.05) is 24.3 Å². The highest BCUT2D eigenvalue weighted by Gasteiger charge is 2.28. The highest BCUT2D eigenvalue weighted by molar-refractivity contribution is 5.71. The van der Waals surface area contributed by atoms with Crippen LogP contribution in [0.3, 0.4) is 0 Å². The summed E-state index contributed by atoms with van der Waals surface area (Å²) in [4.78, 5) is 27.6. The third-order valence-corrected chi connectivity index (χ3v) is 8.19. The second kappa shape index (κ2) is 14.9. The summed E-state index contributed by atoms with van der Waals surface area (Å²) in [5.41, 5.74) is 3.48. The molecule has 1 aromatic heterocycles. The molecule has 1 atom stereocenters. The van der Waals surface area contributed by atoms with Crippen LogP contribution in [-0.2, 0) is 35.5 Å². The molecule has 1 aliphatic heterocycles. The van der Waals surface area contributed by atoms with Crippen molar-refractivity contribution in [2.45, 2.75) is 38.3 Å². The monoisotopic (exact) mass is 629 g/mol. The van der Waals surface area contributed by atoms with Crippen molar-refractivity contribution >= 4 is 5.97 Å². The van der Waals surface area contributed by atoms with Crippen molar-refractivity contribution < 1.29 is 38.0 Å². The van der Waals surface area contributed by atoms with Crippen LogP contribution >= 0.6 is 0 Å². The molecular formula is C36H39NO9. The lowest BCUT2D eigenvalue weighted by Crippen LogP contribution is -2.30. The van der Waals surface area contributed by atoms with Gasteiger partial charge in [-0.3, -0.25) is 14.5 Å². The maximum atomic E-state index is 13.0. The number of fused-ring (bicyclic) bond motifs is 1. The van der Waals surface area contributed by atoms with Crippen LogP contribution in [0, 0.1) is 0 Å². The first kappa shape index (κ1) is 32.4. The Labute approximate surface area is 268 Å². The van der Waals surface area contributed by atoms with E-state index in [4.69, 9.17) is 28.1 Å². The highest BCUT2D eigenvalue weighted by atomic mass is 16.5. The van der Waals surface area contributed by atoms with E-state index in [0.717, 1.165) is 29.8 Å². The molecule has 10 nitrogen and oxygen atoms in total. The first-order chi connectivity index (χ1) is 22.3. The Morgan fingerprint density at radius 2 is 1.57 bits per heavy atom. The first-order valence-corrected chi connectivity index (χ1v) is 15.1. The largest absolute Gasteiger partial charge is 0.502 e. The second-order valence-electron chi connectivity index (χ2n) is 11.1. The molecule has 0 saturated heterocycles. The van der Waals surface area contributed by atoms with E-state index in [0.29, 0.717) is 54.7 Å². The third-order valence-electron chi connectivity index (χ3n) is 8.19. The van der Waals surface area contributed by atoms with Crippen molar-refractivity contribution in [1.29, 1.82) is 0 Å². The normalized spacial score (nSPS) is 13.4. The van der Waals surface area contributed by atoms with Gasteiger partial charge in [0.2, 0.25) is 11.2 Å². The van der Waals surface area contributed by atoms with Gasteiger partial charge in [0.15, 0.2) is 17.3 Å². The van der Waals surface area contributed by atoms with Crippen LogP contribution in [0.25, 0.3) is 0 Å². The Morgan fingerprint density at radius 1 is 0.891 bits per heavy atom. The van der Waals surface area contributed by atoms with Crippen LogP contribution in [0.15, 0.2) is 75.9 Å². The van der Waals surface area contributed by atoms with Crippen LogP contribution in [-0.4, -0.2) is 57.6 Å². The van der Waals surface area contributed by atoms with Crippen molar-refractivity contribution in [3.05, 3.63) is 111 Å². The Kier molecular flexibility index (Phi) is 10.5. The number of benzene rings is 3. The van der Waals surface area contributed by atoms with Gasteiger partial charge in [0.1, 0.15) is 17.3 Å². The first-order valence-electron chi connectivity index (χ1n) is 15.1. The number of esters is 1. The zero-order valence-electron chi connectivity index (χ0n) is 26.5. The zero-order valence-corrected chi connectivity index (χ0v) is 26.5. The summed E-state index contributed by atoms with van der Waals surface area (Å²) in [7, 11) is 6.15. The van der Waals surface area contributed by atoms with Crippen molar-refractivity contribution in [1.82, 2.24) is 4.90 Å². The molecule has 4 aromatic rings. The number of aromatic hydroxyl groups is 1. The zero-order chi connectivity index (χ0) is 32.6. The van der Waals surface area contributed by atoms with Gasteiger partial charge in [0.25, 0.3) is 0 Å². The number of hydrogen-bond acceptors (Lipinski definition) is 10. The molecule has 0 radical (unpaired) electrons. The Bertz CT molecular complexity index is 1700. The van der Waals surface area contributed by atoms with Crippen molar-refractivity contribution in [2.75, 3.05) is 41.6 Å². The Balaban J connectivity index is 1.33. The molecule has 0 aliphatic carbocycles. The number of carbonyl (C=O) groups is 1. The topological polar surface area (TPSA) is 117 Å². The van der Waals surface area contributed by atoms with Crippen molar-refractivity contribution in [3.8, 4) is 28.7 Å². The molecule has 0 saturated carbocycles. The minimum atomic E-state index is -0.757. The molecule has 3 aromatic carbocycles. The third kappa shape index (κ3) is 7.63.